The summed E-state index contributed by atoms with van der Waals surface area (Å²) in [4.78, 5) is 23.3. The molecule has 2 aliphatic rings. The van der Waals surface area contributed by atoms with Crippen LogP contribution >= 0.6 is 0 Å². The van der Waals surface area contributed by atoms with E-state index < -0.39 is 42.6 Å². The Morgan fingerprint density at radius 1 is 1.10 bits per heavy atom. The normalized spacial score (nSPS) is 28.5. The second-order valence-electron chi connectivity index (χ2n) is 6.98. The molecule has 10 nitrogen and oxygen atoms in total. The fourth-order valence-electron chi connectivity index (χ4n) is 3.56. The second-order valence-corrected chi connectivity index (χ2v) is 6.98. The van der Waals surface area contributed by atoms with Crippen LogP contribution in [0.1, 0.15) is 34.0 Å². The van der Waals surface area contributed by atoms with E-state index in [1.807, 2.05) is 0 Å². The first-order valence-corrected chi connectivity index (χ1v) is 9.04. The van der Waals surface area contributed by atoms with Crippen LogP contribution in [0.5, 0.6) is 11.5 Å². The van der Waals surface area contributed by atoms with Crippen LogP contribution in [0.15, 0.2) is 0 Å². The van der Waals surface area contributed by atoms with Gasteiger partial charge in [-0.15, -0.1) is 0 Å². The van der Waals surface area contributed by atoms with Crippen LogP contribution in [0.25, 0.3) is 0 Å². The number of carbonyl (C=O) groups is 2. The lowest BCUT2D eigenvalue weighted by Gasteiger charge is -2.40. The first kappa shape index (κ1) is 21.3. The maximum absolute atomic E-state index is 12.3. The lowest BCUT2D eigenvalue weighted by molar-refractivity contribution is -0.278. The van der Waals surface area contributed by atoms with Gasteiger partial charge >= 0.3 is 11.9 Å². The molecule has 0 aliphatic carbocycles. The van der Waals surface area contributed by atoms with Gasteiger partial charge in [-0.25, -0.2) is 4.79 Å². The van der Waals surface area contributed by atoms with E-state index in [0.717, 1.165) is 5.56 Å². The van der Waals surface area contributed by atoms with Crippen molar-refractivity contribution in [3.63, 3.8) is 0 Å². The molecule has 1 fully saturated rings. The number of aliphatic hydroxyl groups is 3. The SMILES string of the molecule is COc1c(C)c2c(c(O[C@@H]3O[C@H](COC(C)=O)[C@@H](O)[C@H](O)[C@H]3O)c1C)C(=O)OC2. The van der Waals surface area contributed by atoms with Gasteiger partial charge in [0.1, 0.15) is 54.7 Å². The zero-order chi connectivity index (χ0) is 21.5. The van der Waals surface area contributed by atoms with Crippen molar-refractivity contribution in [3.05, 3.63) is 22.3 Å². The number of cyclic esters (lactones) is 1. The number of carbonyl (C=O) groups excluding carboxylic acids is 2. The quantitative estimate of drug-likeness (QED) is 0.554. The summed E-state index contributed by atoms with van der Waals surface area (Å²) in [6, 6.07) is 0. The standard InChI is InChI=1S/C19H24O10/c1-7-10-5-27-18(24)12(10)17(8(2)16(7)25-4)29-19-15(23)14(22)13(21)11(28-19)6-26-9(3)20/h11,13-15,19,21-23H,5-6H2,1-4H3/t11-,13-,14+,15-,19+/m1/s1. The molecule has 3 rings (SSSR count). The number of methoxy groups -OCH3 is 1. The molecule has 2 heterocycles. The van der Waals surface area contributed by atoms with Crippen molar-refractivity contribution in [2.45, 2.75) is 58.1 Å². The van der Waals surface area contributed by atoms with Gasteiger partial charge in [0.25, 0.3) is 0 Å². The van der Waals surface area contributed by atoms with Gasteiger partial charge in [0.05, 0.1) is 7.11 Å². The molecule has 0 radical (unpaired) electrons. The predicted octanol–water partition coefficient (Wildman–Crippen LogP) is -0.268. The van der Waals surface area contributed by atoms with Crippen LogP contribution in [0.4, 0.5) is 0 Å². The van der Waals surface area contributed by atoms with Gasteiger partial charge in [-0.05, 0) is 19.4 Å². The molecule has 10 heteroatoms. The highest BCUT2D eigenvalue weighted by molar-refractivity contribution is 5.98. The Bertz CT molecular complexity index is 820. The molecular weight excluding hydrogens is 388 g/mol. The van der Waals surface area contributed by atoms with Gasteiger partial charge in [0, 0.05) is 18.1 Å². The molecule has 1 aromatic carbocycles. The van der Waals surface area contributed by atoms with Crippen LogP contribution in [-0.4, -0.2) is 71.7 Å². The lowest BCUT2D eigenvalue weighted by atomic mass is 9.97. The molecule has 0 saturated carbocycles. The summed E-state index contributed by atoms with van der Waals surface area (Å²) >= 11 is 0. The molecular formula is C19H24O10. The fraction of sp³-hybridized carbons (Fsp3) is 0.579. The van der Waals surface area contributed by atoms with Gasteiger partial charge < -0.3 is 39.0 Å². The minimum Gasteiger partial charge on any atom is -0.496 e. The van der Waals surface area contributed by atoms with Crippen molar-refractivity contribution in [3.8, 4) is 11.5 Å². The predicted molar refractivity (Wildman–Crippen MR) is 95.5 cm³/mol. The van der Waals surface area contributed by atoms with E-state index in [2.05, 4.69) is 0 Å². The molecule has 0 unspecified atom stereocenters. The highest BCUT2D eigenvalue weighted by atomic mass is 16.7. The summed E-state index contributed by atoms with van der Waals surface area (Å²) in [7, 11) is 1.48. The molecule has 0 amide bonds. The fourth-order valence-corrected chi connectivity index (χ4v) is 3.56. The third-order valence-corrected chi connectivity index (χ3v) is 5.11. The van der Waals surface area contributed by atoms with E-state index in [0.29, 0.717) is 16.9 Å². The maximum Gasteiger partial charge on any atom is 0.342 e. The third kappa shape index (κ3) is 3.76. The summed E-state index contributed by atoms with van der Waals surface area (Å²) < 4.78 is 26.7. The molecule has 29 heavy (non-hydrogen) atoms. The molecule has 160 valence electrons. The second kappa shape index (κ2) is 8.15. The van der Waals surface area contributed by atoms with Gasteiger partial charge in [0.2, 0.25) is 6.29 Å². The van der Waals surface area contributed by atoms with Crippen LogP contribution in [-0.2, 0) is 25.6 Å². The van der Waals surface area contributed by atoms with Crippen LogP contribution < -0.4 is 9.47 Å². The van der Waals surface area contributed by atoms with Gasteiger partial charge in [-0.2, -0.15) is 0 Å². The van der Waals surface area contributed by atoms with Crippen LogP contribution in [0, 0.1) is 13.8 Å². The largest absolute Gasteiger partial charge is 0.496 e. The van der Waals surface area contributed by atoms with Crippen molar-refractivity contribution in [1.82, 2.24) is 0 Å². The number of aliphatic hydroxyl groups excluding tert-OH is 3. The zero-order valence-electron chi connectivity index (χ0n) is 16.5. The number of fused-ring (bicyclic) bond motifs is 1. The van der Waals surface area contributed by atoms with E-state index >= 15 is 0 Å². The van der Waals surface area contributed by atoms with Crippen molar-refractivity contribution in [2.24, 2.45) is 0 Å². The maximum atomic E-state index is 12.3. The minimum absolute atomic E-state index is 0.0531. The van der Waals surface area contributed by atoms with E-state index in [1.54, 1.807) is 13.8 Å². The van der Waals surface area contributed by atoms with E-state index in [-0.39, 0.29) is 24.5 Å². The minimum atomic E-state index is -1.63. The van der Waals surface area contributed by atoms with Gasteiger partial charge in [0.15, 0.2) is 0 Å². The highest BCUT2D eigenvalue weighted by Gasteiger charge is 2.46. The smallest absolute Gasteiger partial charge is 0.342 e. The Morgan fingerprint density at radius 3 is 2.41 bits per heavy atom. The number of esters is 2. The zero-order valence-corrected chi connectivity index (χ0v) is 16.5. The molecule has 5 atom stereocenters. The number of hydrogen-bond donors (Lipinski definition) is 3. The number of benzene rings is 1. The Labute approximate surface area is 166 Å². The topological polar surface area (TPSA) is 141 Å². The number of rotatable bonds is 5. The summed E-state index contributed by atoms with van der Waals surface area (Å²) in [6.45, 7) is 4.35. The van der Waals surface area contributed by atoms with Gasteiger partial charge in [-0.1, -0.05) is 0 Å². The average Bonchev–Trinajstić information content (AvgIpc) is 3.06. The summed E-state index contributed by atoms with van der Waals surface area (Å²) in [5, 5.41) is 30.6. The molecule has 3 N–H and O–H groups in total. The number of hydrogen-bond acceptors (Lipinski definition) is 10. The molecule has 2 aliphatic heterocycles. The van der Waals surface area contributed by atoms with Crippen molar-refractivity contribution in [2.75, 3.05) is 13.7 Å². The Balaban J connectivity index is 1.95. The van der Waals surface area contributed by atoms with Crippen LogP contribution in [0.3, 0.4) is 0 Å². The van der Waals surface area contributed by atoms with E-state index in [4.69, 9.17) is 23.7 Å². The Morgan fingerprint density at radius 2 is 1.79 bits per heavy atom. The van der Waals surface area contributed by atoms with E-state index in [9.17, 15) is 24.9 Å². The Kier molecular flexibility index (Phi) is 5.99. The third-order valence-electron chi connectivity index (χ3n) is 5.11. The van der Waals surface area contributed by atoms with E-state index in [1.165, 1.54) is 14.0 Å². The monoisotopic (exact) mass is 412 g/mol. The summed E-state index contributed by atoms with van der Waals surface area (Å²) in [5.41, 5.74) is 1.99. The highest BCUT2D eigenvalue weighted by Crippen LogP contribution is 2.42. The van der Waals surface area contributed by atoms with Crippen molar-refractivity contribution < 1.29 is 48.6 Å². The molecule has 1 aromatic rings. The first-order valence-electron chi connectivity index (χ1n) is 9.04. The molecule has 0 spiro atoms. The summed E-state index contributed by atoms with van der Waals surface area (Å²) in [6.07, 6.45) is -7.35. The van der Waals surface area contributed by atoms with Gasteiger partial charge in [-0.3, -0.25) is 4.79 Å². The summed E-state index contributed by atoms with van der Waals surface area (Å²) in [5.74, 6) is -0.618. The van der Waals surface area contributed by atoms with Crippen molar-refractivity contribution in [1.29, 1.82) is 0 Å². The molecule has 1 saturated heterocycles. The Hall–Kier alpha value is -2.40. The number of ether oxygens (including phenoxy) is 5. The average molecular weight is 412 g/mol. The lowest BCUT2D eigenvalue weighted by Crippen LogP contribution is -2.60. The molecule has 0 aromatic heterocycles. The first-order chi connectivity index (χ1) is 13.7. The van der Waals surface area contributed by atoms with Crippen molar-refractivity contribution >= 4 is 11.9 Å². The molecule has 0 bridgehead atoms. The van der Waals surface area contributed by atoms with Crippen LogP contribution in [0.2, 0.25) is 0 Å².